The minimum atomic E-state index is -1.07. The molecule has 1 aliphatic rings. The second kappa shape index (κ2) is 7.72. The third-order valence-electron chi connectivity index (χ3n) is 3.17. The number of carbonyl (C=O) groups is 3. The lowest BCUT2D eigenvalue weighted by molar-refractivity contribution is -0.139. The molecular formula is C13H23N3O4. The van der Waals surface area contributed by atoms with Crippen LogP contribution < -0.4 is 10.6 Å². The summed E-state index contributed by atoms with van der Waals surface area (Å²) in [7, 11) is 0. The number of hydrogen-bond acceptors (Lipinski definition) is 3. The van der Waals surface area contributed by atoms with Gasteiger partial charge in [-0.15, -0.1) is 0 Å². The maximum Gasteiger partial charge on any atom is 0.326 e. The lowest BCUT2D eigenvalue weighted by Crippen LogP contribution is -2.49. The fourth-order valence-corrected chi connectivity index (χ4v) is 2.14. The van der Waals surface area contributed by atoms with Gasteiger partial charge in [-0.3, -0.25) is 4.79 Å². The molecule has 1 rings (SSSR count). The summed E-state index contributed by atoms with van der Waals surface area (Å²) in [5, 5.41) is 13.8. The Morgan fingerprint density at radius 1 is 1.20 bits per heavy atom. The number of aliphatic carboxylic acids is 1. The Kier molecular flexibility index (Phi) is 6.27. The molecule has 7 nitrogen and oxygen atoms in total. The molecule has 0 aromatic rings. The van der Waals surface area contributed by atoms with E-state index in [0.717, 1.165) is 25.9 Å². The molecule has 1 saturated heterocycles. The van der Waals surface area contributed by atoms with Gasteiger partial charge in [0.1, 0.15) is 6.04 Å². The Labute approximate surface area is 118 Å². The molecule has 1 heterocycles. The van der Waals surface area contributed by atoms with Gasteiger partial charge in [-0.05, 0) is 25.2 Å². The highest BCUT2D eigenvalue weighted by Gasteiger charge is 2.22. The maximum absolute atomic E-state index is 11.7. The van der Waals surface area contributed by atoms with Crippen molar-refractivity contribution in [2.24, 2.45) is 5.92 Å². The third-order valence-corrected chi connectivity index (χ3v) is 3.17. The highest BCUT2D eigenvalue weighted by atomic mass is 16.4. The summed E-state index contributed by atoms with van der Waals surface area (Å²) in [6, 6.07) is -1.55. The predicted octanol–water partition coefficient (Wildman–Crippen LogP) is 0.407. The van der Waals surface area contributed by atoms with E-state index in [4.69, 9.17) is 5.11 Å². The van der Waals surface area contributed by atoms with Crippen LogP contribution in [0, 0.1) is 5.92 Å². The fraction of sp³-hybridized carbons (Fsp3) is 0.769. The van der Waals surface area contributed by atoms with E-state index in [2.05, 4.69) is 10.6 Å². The summed E-state index contributed by atoms with van der Waals surface area (Å²) in [6.07, 6.45) is 2.34. The zero-order valence-corrected chi connectivity index (χ0v) is 12.0. The van der Waals surface area contributed by atoms with Crippen molar-refractivity contribution in [1.82, 2.24) is 15.5 Å². The number of nitrogens with one attached hydrogen (secondary N) is 2. The van der Waals surface area contributed by atoms with E-state index < -0.39 is 18.0 Å². The largest absolute Gasteiger partial charge is 0.480 e. The summed E-state index contributed by atoms with van der Waals surface area (Å²) < 4.78 is 0. The zero-order valence-electron chi connectivity index (χ0n) is 12.0. The number of hydrogen-bond donors (Lipinski definition) is 3. The Balaban J connectivity index is 2.33. The third kappa shape index (κ3) is 5.46. The first kappa shape index (κ1) is 16.3. The number of carboxylic acid groups (broad SMARTS) is 1. The van der Waals surface area contributed by atoms with Crippen molar-refractivity contribution in [1.29, 1.82) is 0 Å². The van der Waals surface area contributed by atoms with Crippen LogP contribution in [0.1, 0.15) is 33.1 Å². The zero-order chi connectivity index (χ0) is 15.1. The van der Waals surface area contributed by atoms with Crippen molar-refractivity contribution in [2.75, 3.05) is 19.6 Å². The quantitative estimate of drug-likeness (QED) is 0.658. The minimum Gasteiger partial charge on any atom is -0.480 e. The van der Waals surface area contributed by atoms with Crippen LogP contribution in [0.2, 0.25) is 0 Å². The average Bonchev–Trinajstić information content (AvgIpc) is 2.88. The first-order valence-corrected chi connectivity index (χ1v) is 6.95. The normalized spacial score (nSPS) is 16.1. The van der Waals surface area contributed by atoms with E-state index in [9.17, 15) is 14.4 Å². The molecule has 7 heteroatoms. The summed E-state index contributed by atoms with van der Waals surface area (Å²) in [4.78, 5) is 36.0. The molecule has 0 saturated carbocycles. The van der Waals surface area contributed by atoms with E-state index >= 15 is 0 Å². The standard InChI is InChI=1S/C13H23N3O4/c1-9(2)7-10(12(18)19)15-13(20)14-8-11(17)16-5-3-4-6-16/h9-10H,3-8H2,1-2H3,(H,18,19)(H2,14,15,20)/t10-/m1/s1. The van der Waals surface area contributed by atoms with Crippen molar-refractivity contribution in [3.05, 3.63) is 0 Å². The number of likely N-dealkylation sites (tertiary alicyclic amines) is 1. The van der Waals surface area contributed by atoms with Crippen LogP contribution in [0.4, 0.5) is 4.79 Å². The summed E-state index contributed by atoms with van der Waals surface area (Å²) >= 11 is 0. The lowest BCUT2D eigenvalue weighted by atomic mass is 10.0. The molecule has 1 atom stereocenters. The highest BCUT2D eigenvalue weighted by molar-refractivity contribution is 5.86. The van der Waals surface area contributed by atoms with Gasteiger partial charge in [-0.1, -0.05) is 13.8 Å². The Morgan fingerprint density at radius 2 is 1.80 bits per heavy atom. The number of amides is 3. The van der Waals surface area contributed by atoms with Crippen LogP contribution in [0.15, 0.2) is 0 Å². The molecule has 114 valence electrons. The molecule has 20 heavy (non-hydrogen) atoms. The molecule has 0 unspecified atom stereocenters. The van der Waals surface area contributed by atoms with Gasteiger partial charge >= 0.3 is 12.0 Å². The van der Waals surface area contributed by atoms with Crippen LogP contribution >= 0.6 is 0 Å². The van der Waals surface area contributed by atoms with Gasteiger partial charge in [-0.2, -0.15) is 0 Å². The summed E-state index contributed by atoms with van der Waals surface area (Å²) in [5.41, 5.74) is 0. The van der Waals surface area contributed by atoms with Crippen LogP contribution in [-0.4, -0.2) is 53.6 Å². The number of carbonyl (C=O) groups excluding carboxylic acids is 2. The molecule has 0 aromatic carbocycles. The van der Waals surface area contributed by atoms with Gasteiger partial charge in [-0.25, -0.2) is 9.59 Å². The van der Waals surface area contributed by atoms with Crippen LogP contribution in [0.5, 0.6) is 0 Å². The van der Waals surface area contributed by atoms with Gasteiger partial charge in [0.25, 0.3) is 0 Å². The Morgan fingerprint density at radius 3 is 2.30 bits per heavy atom. The number of urea groups is 1. The highest BCUT2D eigenvalue weighted by Crippen LogP contribution is 2.07. The number of nitrogens with zero attached hydrogens (tertiary/aromatic N) is 1. The number of rotatable bonds is 6. The van der Waals surface area contributed by atoms with Gasteiger partial charge in [0.2, 0.25) is 5.91 Å². The average molecular weight is 285 g/mol. The molecule has 3 amide bonds. The van der Waals surface area contributed by atoms with Gasteiger partial charge in [0.05, 0.1) is 6.54 Å². The van der Waals surface area contributed by atoms with Crippen molar-refractivity contribution in [2.45, 2.75) is 39.2 Å². The molecular weight excluding hydrogens is 262 g/mol. The first-order chi connectivity index (χ1) is 9.40. The van der Waals surface area contributed by atoms with E-state index in [0.29, 0.717) is 6.42 Å². The van der Waals surface area contributed by atoms with E-state index in [-0.39, 0.29) is 18.4 Å². The number of carboxylic acids is 1. The van der Waals surface area contributed by atoms with Gasteiger partial charge in [0, 0.05) is 13.1 Å². The molecule has 1 aliphatic heterocycles. The molecule has 0 bridgehead atoms. The SMILES string of the molecule is CC(C)C[C@@H](NC(=O)NCC(=O)N1CCCC1)C(=O)O. The fourth-order valence-electron chi connectivity index (χ4n) is 2.14. The van der Waals surface area contributed by atoms with E-state index in [1.54, 1.807) is 4.90 Å². The first-order valence-electron chi connectivity index (χ1n) is 6.95. The van der Waals surface area contributed by atoms with E-state index in [1.807, 2.05) is 13.8 Å². The molecule has 0 spiro atoms. The minimum absolute atomic E-state index is 0.0974. The topological polar surface area (TPSA) is 98.7 Å². The van der Waals surface area contributed by atoms with Crippen molar-refractivity contribution >= 4 is 17.9 Å². The Bertz CT molecular complexity index is 365. The molecule has 0 aromatic heterocycles. The van der Waals surface area contributed by atoms with Crippen LogP contribution in [0.25, 0.3) is 0 Å². The molecule has 1 fully saturated rings. The van der Waals surface area contributed by atoms with Crippen molar-refractivity contribution in [3.8, 4) is 0 Å². The monoisotopic (exact) mass is 285 g/mol. The second-order valence-corrected chi connectivity index (χ2v) is 5.44. The smallest absolute Gasteiger partial charge is 0.326 e. The molecule has 3 N–H and O–H groups in total. The summed E-state index contributed by atoms with van der Waals surface area (Å²) in [6.45, 7) is 5.12. The van der Waals surface area contributed by atoms with Crippen LogP contribution in [-0.2, 0) is 9.59 Å². The summed E-state index contributed by atoms with van der Waals surface area (Å²) in [5.74, 6) is -1.05. The molecule has 0 radical (unpaired) electrons. The van der Waals surface area contributed by atoms with Crippen LogP contribution in [0.3, 0.4) is 0 Å². The second-order valence-electron chi connectivity index (χ2n) is 5.44. The lowest BCUT2D eigenvalue weighted by Gasteiger charge is -2.18. The van der Waals surface area contributed by atoms with Crippen molar-refractivity contribution < 1.29 is 19.5 Å². The van der Waals surface area contributed by atoms with Crippen molar-refractivity contribution in [3.63, 3.8) is 0 Å². The maximum atomic E-state index is 11.7. The van der Waals surface area contributed by atoms with Gasteiger partial charge in [0.15, 0.2) is 0 Å². The Hall–Kier alpha value is -1.79. The van der Waals surface area contributed by atoms with E-state index in [1.165, 1.54) is 0 Å². The predicted molar refractivity (Wildman–Crippen MR) is 73.2 cm³/mol. The van der Waals surface area contributed by atoms with Gasteiger partial charge < -0.3 is 20.6 Å². The molecule has 0 aliphatic carbocycles.